The topological polar surface area (TPSA) is 59.3 Å². The average molecular weight is 307 g/mol. The van der Waals surface area contributed by atoms with Crippen LogP contribution in [0, 0.1) is 11.3 Å². The standard InChI is InChI=1S/C19H17NO3/c1-2-22-18-9-4-3-8-17(18)10-11-19(21)23-14-16-7-5-6-15(12-16)13-20/h3-12H,2,14H2,1H3/b11-10+. The van der Waals surface area contributed by atoms with Gasteiger partial charge in [0.05, 0.1) is 18.2 Å². The first-order chi connectivity index (χ1) is 11.2. The summed E-state index contributed by atoms with van der Waals surface area (Å²) in [6, 6.07) is 16.5. The molecule has 2 aromatic rings. The summed E-state index contributed by atoms with van der Waals surface area (Å²) < 4.78 is 10.7. The molecule has 0 fully saturated rings. The van der Waals surface area contributed by atoms with Crippen molar-refractivity contribution in [2.24, 2.45) is 0 Å². The van der Waals surface area contributed by atoms with Crippen molar-refractivity contribution in [2.75, 3.05) is 6.61 Å². The molecule has 0 bridgehead atoms. The van der Waals surface area contributed by atoms with E-state index < -0.39 is 5.97 Å². The molecule has 0 aromatic heterocycles. The third-order valence-corrected chi connectivity index (χ3v) is 3.06. The number of rotatable bonds is 6. The number of ether oxygens (including phenoxy) is 2. The van der Waals surface area contributed by atoms with Gasteiger partial charge in [0.1, 0.15) is 12.4 Å². The van der Waals surface area contributed by atoms with Crippen LogP contribution in [0.5, 0.6) is 5.75 Å². The van der Waals surface area contributed by atoms with E-state index in [0.29, 0.717) is 12.2 Å². The van der Waals surface area contributed by atoms with Gasteiger partial charge in [-0.05, 0) is 36.8 Å². The zero-order chi connectivity index (χ0) is 16.5. The molecule has 4 nitrogen and oxygen atoms in total. The fourth-order valence-corrected chi connectivity index (χ4v) is 2.00. The fraction of sp³-hybridized carbons (Fsp3) is 0.158. The molecule has 0 spiro atoms. The van der Waals surface area contributed by atoms with E-state index in [4.69, 9.17) is 14.7 Å². The Bertz CT molecular complexity index is 744. The molecule has 0 radical (unpaired) electrons. The van der Waals surface area contributed by atoms with Crippen LogP contribution >= 0.6 is 0 Å². The van der Waals surface area contributed by atoms with E-state index in [-0.39, 0.29) is 6.61 Å². The number of esters is 1. The predicted molar refractivity (Wildman–Crippen MR) is 87.6 cm³/mol. The molecule has 0 aliphatic heterocycles. The number of hydrogen-bond acceptors (Lipinski definition) is 4. The second kappa shape index (κ2) is 8.40. The van der Waals surface area contributed by atoms with Crippen LogP contribution in [0.4, 0.5) is 0 Å². The third-order valence-electron chi connectivity index (χ3n) is 3.06. The van der Waals surface area contributed by atoms with Gasteiger partial charge in [-0.1, -0.05) is 30.3 Å². The fourth-order valence-electron chi connectivity index (χ4n) is 2.00. The van der Waals surface area contributed by atoms with Crippen LogP contribution in [-0.4, -0.2) is 12.6 Å². The maximum atomic E-state index is 11.8. The number of para-hydroxylation sites is 1. The normalized spacial score (nSPS) is 10.3. The summed E-state index contributed by atoms with van der Waals surface area (Å²) >= 11 is 0. The first-order valence-electron chi connectivity index (χ1n) is 7.28. The Balaban J connectivity index is 1.95. The van der Waals surface area contributed by atoms with Crippen molar-refractivity contribution < 1.29 is 14.3 Å². The molecule has 116 valence electrons. The van der Waals surface area contributed by atoms with Gasteiger partial charge in [-0.25, -0.2) is 4.79 Å². The summed E-state index contributed by atoms with van der Waals surface area (Å²) in [4.78, 5) is 11.8. The van der Waals surface area contributed by atoms with Gasteiger partial charge >= 0.3 is 5.97 Å². The summed E-state index contributed by atoms with van der Waals surface area (Å²) in [6.45, 7) is 2.60. The Kier molecular flexibility index (Phi) is 5.96. The van der Waals surface area contributed by atoms with E-state index in [0.717, 1.165) is 16.9 Å². The lowest BCUT2D eigenvalue weighted by Gasteiger charge is -2.06. The molecule has 0 saturated carbocycles. The van der Waals surface area contributed by atoms with E-state index in [9.17, 15) is 4.79 Å². The van der Waals surface area contributed by atoms with Crippen LogP contribution in [0.3, 0.4) is 0 Å². The summed E-state index contributed by atoms with van der Waals surface area (Å²) in [5, 5.41) is 8.84. The van der Waals surface area contributed by atoms with Gasteiger partial charge in [0.15, 0.2) is 0 Å². The molecule has 0 aliphatic rings. The van der Waals surface area contributed by atoms with Gasteiger partial charge in [0, 0.05) is 11.6 Å². The third kappa shape index (κ3) is 5.01. The average Bonchev–Trinajstić information content (AvgIpc) is 2.59. The highest BCUT2D eigenvalue weighted by molar-refractivity contribution is 5.87. The first kappa shape index (κ1) is 16.3. The molecule has 0 saturated heterocycles. The van der Waals surface area contributed by atoms with Crippen LogP contribution in [0.1, 0.15) is 23.6 Å². The molecule has 2 rings (SSSR count). The van der Waals surface area contributed by atoms with E-state index in [1.807, 2.05) is 37.3 Å². The van der Waals surface area contributed by atoms with Gasteiger partial charge < -0.3 is 9.47 Å². The van der Waals surface area contributed by atoms with E-state index in [1.54, 1.807) is 24.3 Å². The van der Waals surface area contributed by atoms with Crippen LogP contribution in [0.25, 0.3) is 6.08 Å². The lowest BCUT2D eigenvalue weighted by Crippen LogP contribution is -2.01. The lowest BCUT2D eigenvalue weighted by atomic mass is 10.1. The second-order valence-corrected chi connectivity index (χ2v) is 4.72. The maximum Gasteiger partial charge on any atom is 0.331 e. The number of carbonyl (C=O) groups excluding carboxylic acids is 1. The molecule has 0 amide bonds. The Morgan fingerprint density at radius 1 is 1.22 bits per heavy atom. The van der Waals surface area contributed by atoms with Crippen LogP contribution < -0.4 is 4.74 Å². The SMILES string of the molecule is CCOc1ccccc1/C=C/C(=O)OCc1cccc(C#N)c1. The van der Waals surface area contributed by atoms with Gasteiger partial charge in [0.2, 0.25) is 0 Å². The molecular weight excluding hydrogens is 290 g/mol. The predicted octanol–water partition coefficient (Wildman–Crippen LogP) is 3.71. The van der Waals surface area contributed by atoms with Crippen LogP contribution in [-0.2, 0) is 16.1 Å². The molecule has 0 unspecified atom stereocenters. The number of benzene rings is 2. The summed E-state index contributed by atoms with van der Waals surface area (Å²) in [7, 11) is 0. The van der Waals surface area contributed by atoms with E-state index >= 15 is 0 Å². The zero-order valence-electron chi connectivity index (χ0n) is 12.9. The molecule has 2 aromatic carbocycles. The molecule has 0 heterocycles. The minimum Gasteiger partial charge on any atom is -0.493 e. The number of nitriles is 1. The maximum absolute atomic E-state index is 11.8. The van der Waals surface area contributed by atoms with Crippen molar-refractivity contribution in [3.63, 3.8) is 0 Å². The summed E-state index contributed by atoms with van der Waals surface area (Å²) in [5.41, 5.74) is 2.14. The Labute approximate surface area is 135 Å². The minimum absolute atomic E-state index is 0.131. The van der Waals surface area contributed by atoms with Gasteiger partial charge in [-0.2, -0.15) is 5.26 Å². The highest BCUT2D eigenvalue weighted by atomic mass is 16.5. The van der Waals surface area contributed by atoms with E-state index in [2.05, 4.69) is 6.07 Å². The van der Waals surface area contributed by atoms with Gasteiger partial charge in [-0.3, -0.25) is 0 Å². The number of hydrogen-bond donors (Lipinski definition) is 0. The Hall–Kier alpha value is -3.06. The minimum atomic E-state index is -0.446. The highest BCUT2D eigenvalue weighted by Crippen LogP contribution is 2.19. The zero-order valence-corrected chi connectivity index (χ0v) is 12.9. The highest BCUT2D eigenvalue weighted by Gasteiger charge is 2.02. The second-order valence-electron chi connectivity index (χ2n) is 4.72. The van der Waals surface area contributed by atoms with Gasteiger partial charge in [-0.15, -0.1) is 0 Å². The monoisotopic (exact) mass is 307 g/mol. The van der Waals surface area contributed by atoms with Crippen LogP contribution in [0.15, 0.2) is 54.6 Å². The van der Waals surface area contributed by atoms with E-state index in [1.165, 1.54) is 6.08 Å². The Morgan fingerprint density at radius 2 is 2.04 bits per heavy atom. The molecule has 23 heavy (non-hydrogen) atoms. The van der Waals surface area contributed by atoms with Crippen molar-refractivity contribution in [1.29, 1.82) is 5.26 Å². The molecule has 4 heteroatoms. The molecule has 0 aliphatic carbocycles. The number of nitrogens with zero attached hydrogens (tertiary/aromatic N) is 1. The van der Waals surface area contributed by atoms with Gasteiger partial charge in [0.25, 0.3) is 0 Å². The van der Waals surface area contributed by atoms with Crippen molar-refractivity contribution in [3.8, 4) is 11.8 Å². The number of carbonyl (C=O) groups is 1. The largest absolute Gasteiger partial charge is 0.493 e. The lowest BCUT2D eigenvalue weighted by molar-refractivity contribution is -0.138. The molecule has 0 N–H and O–H groups in total. The molecule has 0 atom stereocenters. The van der Waals surface area contributed by atoms with Crippen molar-refractivity contribution >= 4 is 12.0 Å². The molecular formula is C19H17NO3. The summed E-state index contributed by atoms with van der Waals surface area (Å²) in [5.74, 6) is 0.277. The first-order valence-corrected chi connectivity index (χ1v) is 7.28. The summed E-state index contributed by atoms with van der Waals surface area (Å²) in [6.07, 6.45) is 3.03. The Morgan fingerprint density at radius 3 is 2.83 bits per heavy atom. The smallest absolute Gasteiger partial charge is 0.331 e. The van der Waals surface area contributed by atoms with Crippen molar-refractivity contribution in [2.45, 2.75) is 13.5 Å². The quantitative estimate of drug-likeness (QED) is 0.603. The van der Waals surface area contributed by atoms with Crippen molar-refractivity contribution in [1.82, 2.24) is 0 Å². The van der Waals surface area contributed by atoms with Crippen molar-refractivity contribution in [3.05, 3.63) is 71.3 Å². The van der Waals surface area contributed by atoms with Crippen LogP contribution in [0.2, 0.25) is 0 Å².